The summed E-state index contributed by atoms with van der Waals surface area (Å²) >= 11 is 0. The highest BCUT2D eigenvalue weighted by molar-refractivity contribution is 5.89. The quantitative estimate of drug-likeness (QED) is 0.630. The minimum Gasteiger partial charge on any atom is -0.465 e. The molecule has 2 amide bonds. The van der Waals surface area contributed by atoms with E-state index in [9.17, 15) is 14.0 Å². The molecule has 0 unspecified atom stereocenters. The first-order valence-electron chi connectivity index (χ1n) is 7.77. The van der Waals surface area contributed by atoms with E-state index in [1.807, 2.05) is 0 Å². The predicted octanol–water partition coefficient (Wildman–Crippen LogP) is 4.03. The number of ether oxygens (including phenoxy) is 2. The molecule has 0 saturated carbocycles. The van der Waals surface area contributed by atoms with Crippen molar-refractivity contribution >= 4 is 29.4 Å². The number of hydrogen-bond donors (Lipinski definition) is 4. The van der Waals surface area contributed by atoms with E-state index in [0.29, 0.717) is 0 Å². The number of nitrogens with two attached hydrogens (primary N) is 1. The molecule has 1 heterocycles. The minimum absolute atomic E-state index is 0.0390. The summed E-state index contributed by atoms with van der Waals surface area (Å²) in [6.07, 6.45) is -0.848. The second-order valence-corrected chi connectivity index (χ2v) is 6.37. The van der Waals surface area contributed by atoms with Gasteiger partial charge in [-0.3, -0.25) is 10.6 Å². The lowest BCUT2D eigenvalue weighted by Gasteiger charge is -2.20. The molecule has 5 N–H and O–H groups in total. The summed E-state index contributed by atoms with van der Waals surface area (Å²) in [5.41, 5.74) is 4.74. The van der Waals surface area contributed by atoms with Crippen LogP contribution in [0.5, 0.6) is 11.5 Å². The maximum Gasteiger partial charge on any atom is 0.412 e. The Kier molecular flexibility index (Phi) is 5.69. The van der Waals surface area contributed by atoms with E-state index in [2.05, 4.69) is 15.6 Å². The van der Waals surface area contributed by atoms with Gasteiger partial charge in [-0.25, -0.2) is 19.0 Å². The molecule has 1 aromatic heterocycles. The van der Waals surface area contributed by atoms with Crippen LogP contribution in [0.1, 0.15) is 20.8 Å². The highest BCUT2D eigenvalue weighted by atomic mass is 19.1. The van der Waals surface area contributed by atoms with Gasteiger partial charge in [0.2, 0.25) is 0 Å². The molecule has 0 radical (unpaired) electrons. The third kappa shape index (κ3) is 5.73. The zero-order chi connectivity index (χ0) is 20.2. The molecular formula is C17H19FN4O5. The van der Waals surface area contributed by atoms with Crippen LogP contribution in [0.3, 0.4) is 0 Å². The molecule has 0 spiro atoms. The lowest BCUT2D eigenvalue weighted by Crippen LogP contribution is -2.27. The average Bonchev–Trinajstić information content (AvgIpc) is 2.51. The van der Waals surface area contributed by atoms with Crippen molar-refractivity contribution in [1.82, 2.24) is 4.98 Å². The number of aromatic nitrogens is 1. The molecule has 144 valence electrons. The summed E-state index contributed by atoms with van der Waals surface area (Å²) in [7, 11) is 0. The smallest absolute Gasteiger partial charge is 0.412 e. The minimum atomic E-state index is -1.36. The van der Waals surface area contributed by atoms with Gasteiger partial charge in [0, 0.05) is 18.3 Å². The van der Waals surface area contributed by atoms with Crippen molar-refractivity contribution in [2.75, 3.05) is 16.4 Å². The van der Waals surface area contributed by atoms with Crippen molar-refractivity contribution in [3.05, 3.63) is 36.3 Å². The maximum atomic E-state index is 14.2. The first kappa shape index (κ1) is 19.8. The Balaban J connectivity index is 2.18. The first-order chi connectivity index (χ1) is 12.5. The van der Waals surface area contributed by atoms with Crippen LogP contribution in [0, 0.1) is 5.82 Å². The Morgan fingerprint density at radius 2 is 1.93 bits per heavy atom. The zero-order valence-corrected chi connectivity index (χ0v) is 14.9. The summed E-state index contributed by atoms with van der Waals surface area (Å²) in [4.78, 5) is 26.4. The highest BCUT2D eigenvalue weighted by Gasteiger charge is 2.18. The number of nitrogen functional groups attached to an aromatic ring is 1. The van der Waals surface area contributed by atoms with Crippen molar-refractivity contribution in [2.24, 2.45) is 0 Å². The normalized spacial score (nSPS) is 10.8. The molecular weight excluding hydrogens is 359 g/mol. The molecule has 0 aliphatic rings. The van der Waals surface area contributed by atoms with E-state index in [0.717, 1.165) is 6.07 Å². The van der Waals surface area contributed by atoms with E-state index in [-0.39, 0.29) is 28.7 Å². The van der Waals surface area contributed by atoms with Crippen molar-refractivity contribution in [3.8, 4) is 11.5 Å². The fourth-order valence-electron chi connectivity index (χ4n) is 1.98. The second kappa shape index (κ2) is 7.77. The molecule has 27 heavy (non-hydrogen) atoms. The molecule has 2 rings (SSSR count). The lowest BCUT2D eigenvalue weighted by molar-refractivity contribution is 0.0635. The van der Waals surface area contributed by atoms with Crippen molar-refractivity contribution in [2.45, 2.75) is 26.4 Å². The van der Waals surface area contributed by atoms with Crippen molar-refractivity contribution in [3.63, 3.8) is 0 Å². The summed E-state index contributed by atoms with van der Waals surface area (Å²) in [6, 6.07) is 5.06. The Hall–Kier alpha value is -3.56. The third-order valence-corrected chi connectivity index (χ3v) is 2.98. The SMILES string of the molecule is CC(C)(C)OC(=O)Nc1ccc(Oc2ccnc(N)c2NC(=O)O)cc1F. The van der Waals surface area contributed by atoms with Crippen LogP contribution < -0.4 is 21.1 Å². The molecule has 1 aromatic carbocycles. The number of carbonyl (C=O) groups excluding carboxylic acids is 1. The molecule has 0 bridgehead atoms. The fourth-order valence-corrected chi connectivity index (χ4v) is 1.98. The molecule has 0 aliphatic carbocycles. The van der Waals surface area contributed by atoms with Crippen LogP contribution in [-0.2, 0) is 4.74 Å². The van der Waals surface area contributed by atoms with Gasteiger partial charge in [0.15, 0.2) is 17.4 Å². The van der Waals surface area contributed by atoms with Gasteiger partial charge in [0.25, 0.3) is 0 Å². The average molecular weight is 378 g/mol. The number of rotatable bonds is 4. The number of nitrogens with one attached hydrogen (secondary N) is 2. The zero-order valence-electron chi connectivity index (χ0n) is 14.9. The molecule has 9 nitrogen and oxygen atoms in total. The van der Waals surface area contributed by atoms with E-state index >= 15 is 0 Å². The Labute approximate surface area is 154 Å². The van der Waals surface area contributed by atoms with Gasteiger partial charge in [-0.2, -0.15) is 0 Å². The maximum absolute atomic E-state index is 14.2. The van der Waals surface area contributed by atoms with Crippen LogP contribution in [0.4, 0.5) is 31.2 Å². The second-order valence-electron chi connectivity index (χ2n) is 6.37. The molecule has 2 aromatic rings. The Morgan fingerprint density at radius 3 is 2.52 bits per heavy atom. The van der Waals surface area contributed by atoms with Crippen molar-refractivity contribution in [1.29, 1.82) is 0 Å². The first-order valence-corrected chi connectivity index (χ1v) is 7.77. The van der Waals surface area contributed by atoms with Crippen molar-refractivity contribution < 1.29 is 28.6 Å². The van der Waals surface area contributed by atoms with E-state index < -0.39 is 23.6 Å². The number of hydrogen-bond acceptors (Lipinski definition) is 6. The number of nitrogens with zero attached hydrogens (tertiary/aromatic N) is 1. The number of anilines is 3. The summed E-state index contributed by atoms with van der Waals surface area (Å²) in [5, 5.41) is 13.2. The highest BCUT2D eigenvalue weighted by Crippen LogP contribution is 2.33. The molecule has 0 fully saturated rings. The number of pyridine rings is 1. The van der Waals surface area contributed by atoms with Gasteiger partial charge in [-0.15, -0.1) is 0 Å². The van der Waals surface area contributed by atoms with E-state index in [1.165, 1.54) is 24.4 Å². The van der Waals surface area contributed by atoms with Gasteiger partial charge in [-0.1, -0.05) is 0 Å². The van der Waals surface area contributed by atoms with Crippen LogP contribution in [0.25, 0.3) is 0 Å². The van der Waals surface area contributed by atoms with Gasteiger partial charge in [0.05, 0.1) is 5.69 Å². The van der Waals surface area contributed by atoms with Gasteiger partial charge in [0.1, 0.15) is 17.0 Å². The Bertz CT molecular complexity index is 867. The number of carboxylic acid groups (broad SMARTS) is 1. The standard InChI is InChI=1S/C17H19FN4O5/c1-17(2,3)27-16(25)21-11-5-4-9(8-10(11)18)26-12-6-7-20-14(19)13(12)22-15(23)24/h4-8,22H,1-3H3,(H2,19,20)(H,21,25)(H,23,24). The lowest BCUT2D eigenvalue weighted by atomic mass is 10.2. The van der Waals surface area contributed by atoms with Crippen LogP contribution in [-0.4, -0.2) is 27.9 Å². The molecule has 0 atom stereocenters. The predicted molar refractivity (Wildman–Crippen MR) is 96.6 cm³/mol. The number of halogens is 1. The van der Waals surface area contributed by atoms with Crippen LogP contribution in [0.2, 0.25) is 0 Å². The van der Waals surface area contributed by atoms with Crippen LogP contribution in [0.15, 0.2) is 30.5 Å². The van der Waals surface area contributed by atoms with Gasteiger partial charge < -0.3 is 20.3 Å². The molecule has 10 heteroatoms. The van der Waals surface area contributed by atoms with E-state index in [4.69, 9.17) is 20.3 Å². The molecule has 0 saturated heterocycles. The fraction of sp³-hybridized carbons (Fsp3) is 0.235. The van der Waals surface area contributed by atoms with Crippen LogP contribution >= 0.6 is 0 Å². The summed E-state index contributed by atoms with van der Waals surface area (Å²) < 4.78 is 24.8. The summed E-state index contributed by atoms with van der Waals surface area (Å²) in [5.74, 6) is -0.773. The van der Waals surface area contributed by atoms with Gasteiger partial charge >= 0.3 is 12.2 Å². The monoisotopic (exact) mass is 378 g/mol. The third-order valence-electron chi connectivity index (χ3n) is 2.98. The topological polar surface area (TPSA) is 136 Å². The number of amides is 2. The Morgan fingerprint density at radius 1 is 1.22 bits per heavy atom. The van der Waals surface area contributed by atoms with E-state index in [1.54, 1.807) is 20.8 Å². The largest absolute Gasteiger partial charge is 0.465 e. The molecule has 0 aliphatic heterocycles. The summed E-state index contributed by atoms with van der Waals surface area (Å²) in [6.45, 7) is 5.05. The number of benzene rings is 1. The van der Waals surface area contributed by atoms with Gasteiger partial charge in [-0.05, 0) is 32.9 Å². The number of carbonyl (C=O) groups is 2.